The van der Waals surface area contributed by atoms with Crippen molar-refractivity contribution in [2.75, 3.05) is 0 Å². The average molecular weight is 738 g/mol. The topological polar surface area (TPSA) is 4.44 Å². The molecule has 1 aliphatic rings. The third kappa shape index (κ3) is 24.3. The van der Waals surface area contributed by atoms with Gasteiger partial charge in [0.25, 0.3) is 0 Å². The van der Waals surface area contributed by atoms with Crippen molar-refractivity contribution in [3.05, 3.63) is 50.3 Å². The van der Waals surface area contributed by atoms with Crippen LogP contribution >= 0.6 is 0 Å². The first-order valence-corrected chi connectivity index (χ1v) is 5.49. The molecule has 8 heteroatoms. The summed E-state index contributed by atoms with van der Waals surface area (Å²) in [6, 6.07) is 7.75. The van der Waals surface area contributed by atoms with Crippen molar-refractivity contribution >= 4 is 11.8 Å². The van der Waals surface area contributed by atoms with Gasteiger partial charge in [-0.25, -0.2) is 0 Å². The van der Waals surface area contributed by atoms with Gasteiger partial charge in [0.2, 0.25) is 0 Å². The number of rotatable bonds is 1. The van der Waals surface area contributed by atoms with E-state index in [2.05, 4.69) is 0 Å². The van der Waals surface area contributed by atoms with Crippen LogP contribution in [0.3, 0.4) is 0 Å². The Morgan fingerprint density at radius 2 is 1.27 bits per heavy atom. The quantitative estimate of drug-likeness (QED) is 0.216. The van der Waals surface area contributed by atoms with Crippen molar-refractivity contribution in [1.29, 1.82) is 0 Å². The minimum Gasteiger partial charge on any atom is -1.00 e. The molecule has 0 spiro atoms. The molecule has 0 fully saturated rings. The van der Waals surface area contributed by atoms with E-state index in [0.717, 1.165) is 11.3 Å². The Balaban J connectivity index is -0.0000000219. The number of hydrogen-bond donors (Lipinski definition) is 1. The average Bonchev–Trinajstić information content (AvgIpc) is 2.77. The SMILES string of the molecule is CC.CC.F[CH-][NH+]1C=Cc2ccccc21.[CH3-].[H-].[Rb+].[Rb+].[Rb+].[Rb+].[Rb+].[Rb+]. The minimum atomic E-state index is 0. The molecule has 0 radical (unpaired) electrons. The first-order chi connectivity index (χ1) is 7.42. The Morgan fingerprint density at radius 3 is 1.68 bits per heavy atom. The van der Waals surface area contributed by atoms with Crippen LogP contribution in [0.15, 0.2) is 30.5 Å². The molecule has 22 heavy (non-hydrogen) atoms. The Morgan fingerprint density at radius 1 is 0.864 bits per heavy atom. The van der Waals surface area contributed by atoms with E-state index in [9.17, 15) is 4.39 Å². The van der Waals surface area contributed by atoms with Crippen LogP contribution in [0, 0.1) is 14.2 Å². The molecule has 1 atom stereocenters. The molecule has 0 amide bonds. The van der Waals surface area contributed by atoms with E-state index in [4.69, 9.17) is 0 Å². The fourth-order valence-electron chi connectivity index (χ4n) is 1.27. The Hall–Kier alpha value is 9.68. The van der Waals surface area contributed by atoms with Gasteiger partial charge in [-0.3, -0.25) is 0 Å². The summed E-state index contributed by atoms with van der Waals surface area (Å²) < 4.78 is 12.2. The van der Waals surface area contributed by atoms with Crippen molar-refractivity contribution in [1.82, 2.24) is 0 Å². The van der Waals surface area contributed by atoms with Gasteiger partial charge in [0.1, 0.15) is 5.69 Å². The van der Waals surface area contributed by atoms with E-state index in [1.165, 1.54) is 0 Å². The smallest absolute Gasteiger partial charge is 1.00 e. The van der Waals surface area contributed by atoms with Crippen LogP contribution in [0.5, 0.6) is 0 Å². The van der Waals surface area contributed by atoms with E-state index < -0.39 is 0 Å². The van der Waals surface area contributed by atoms with Gasteiger partial charge >= 0.3 is 349 Å². The molecule has 2 rings (SSSR count). The minimum absolute atomic E-state index is 0. The van der Waals surface area contributed by atoms with Crippen molar-refractivity contribution < 1.29 is 360 Å². The Labute approximate surface area is 433 Å². The Kier molecular flexibility index (Phi) is 99.1. The summed E-state index contributed by atoms with van der Waals surface area (Å²) in [4.78, 5) is 0.667. The largest absolute Gasteiger partial charge is 1.00 e. The summed E-state index contributed by atoms with van der Waals surface area (Å²) in [5.41, 5.74) is 2.08. The summed E-state index contributed by atoms with van der Waals surface area (Å²) in [5.74, 6) is 0. The zero-order valence-electron chi connectivity index (χ0n) is 17.9. The second kappa shape index (κ2) is 41.0. The monoisotopic (exact) mass is 735 g/mol. The van der Waals surface area contributed by atoms with Crippen molar-refractivity contribution in [2.24, 2.45) is 0 Å². The number of quaternary nitrogens is 1. The second-order valence-corrected chi connectivity index (χ2v) is 2.49. The molecule has 0 saturated carbocycles. The standard InChI is InChI=1S/C9H8FN.2C2H6.CH3.6Rb.H/c10-7-11-6-5-8-3-1-2-4-9(8)11;2*1-2;;;;;;;;/h1-7,11H;2*1-2H3;1H3;;;;;;;/q;;;-1;6*+1;-1. The van der Waals surface area contributed by atoms with Crippen molar-refractivity contribution in [2.45, 2.75) is 27.7 Å². The maximum atomic E-state index is 12.2. The normalized spacial score (nSPS) is 10.7. The number of para-hydroxylation sites is 1. The van der Waals surface area contributed by atoms with E-state index in [0.29, 0.717) is 11.7 Å². The molecule has 1 N–H and O–H groups in total. The van der Waals surface area contributed by atoms with Gasteiger partial charge in [-0.1, -0.05) is 39.8 Å². The van der Waals surface area contributed by atoms with Crippen LogP contribution in [0.4, 0.5) is 10.1 Å². The fourth-order valence-corrected chi connectivity index (χ4v) is 1.27. The summed E-state index contributed by atoms with van der Waals surface area (Å²) in [6.07, 6.45) is 3.70. The first-order valence-electron chi connectivity index (χ1n) is 5.49. The predicted octanol–water partition coefficient (Wildman–Crippen LogP) is -14.1. The van der Waals surface area contributed by atoms with Crippen LogP contribution in [0.1, 0.15) is 34.7 Å². The van der Waals surface area contributed by atoms with Gasteiger partial charge in [0.15, 0.2) is 0 Å². The molecule has 1 unspecified atom stereocenters. The van der Waals surface area contributed by atoms with Crippen molar-refractivity contribution in [3.8, 4) is 0 Å². The van der Waals surface area contributed by atoms with Crippen LogP contribution in [0.2, 0.25) is 0 Å². The van der Waals surface area contributed by atoms with Gasteiger partial charge < -0.3 is 18.1 Å². The summed E-state index contributed by atoms with van der Waals surface area (Å²) in [5, 5.41) is 0. The number of benzene rings is 1. The van der Waals surface area contributed by atoms with Gasteiger partial charge in [-0.05, 0) is 12.1 Å². The van der Waals surface area contributed by atoms with Gasteiger partial charge in [-0.15, -0.1) is 0 Å². The van der Waals surface area contributed by atoms with Gasteiger partial charge in [0.05, 0.1) is 6.20 Å². The molecule has 0 bridgehead atoms. The number of nitrogens with one attached hydrogen (secondary N) is 1. The second-order valence-electron chi connectivity index (χ2n) is 2.49. The van der Waals surface area contributed by atoms with E-state index >= 15 is 0 Å². The molecule has 94 valence electrons. The molecule has 0 aliphatic carbocycles. The predicted molar refractivity (Wildman–Crippen MR) is 71.7 cm³/mol. The zero-order valence-corrected chi connectivity index (χ0v) is 46.4. The molecule has 1 aliphatic heterocycles. The number of fused-ring (bicyclic) bond motifs is 1. The van der Waals surface area contributed by atoms with Crippen LogP contribution in [-0.2, 0) is 0 Å². The molecular weight excluding hydrogens is 714 g/mol. The molecule has 0 aromatic heterocycles. The van der Waals surface area contributed by atoms with Gasteiger partial charge in [-0.2, -0.15) is 0 Å². The van der Waals surface area contributed by atoms with Crippen LogP contribution < -0.4 is 354 Å². The molecule has 1 heterocycles. The van der Waals surface area contributed by atoms with Crippen molar-refractivity contribution in [3.63, 3.8) is 0 Å². The fraction of sp³-hybridized carbons (Fsp3) is 0.286. The molecular formula is C14H24FNRb6+4. The maximum absolute atomic E-state index is 12.2. The van der Waals surface area contributed by atoms with Crippen LogP contribution in [0.25, 0.3) is 6.08 Å². The Bertz CT molecular complexity index is 319. The third-order valence-electron chi connectivity index (χ3n) is 1.83. The molecule has 1 nitrogen and oxygen atoms in total. The van der Waals surface area contributed by atoms with Gasteiger partial charge in [0, 0.05) is 18.4 Å². The third-order valence-corrected chi connectivity index (χ3v) is 1.83. The number of halogens is 1. The summed E-state index contributed by atoms with van der Waals surface area (Å²) in [6.45, 7) is 8.64. The summed E-state index contributed by atoms with van der Waals surface area (Å²) in [7, 11) is 0. The van der Waals surface area contributed by atoms with E-state index in [1.807, 2.05) is 58.0 Å². The number of hydrogen-bond acceptors (Lipinski definition) is 0. The summed E-state index contributed by atoms with van der Waals surface area (Å²) >= 11 is 0. The first kappa shape index (κ1) is 53.2. The van der Waals surface area contributed by atoms with Crippen LogP contribution in [-0.4, -0.2) is 0 Å². The zero-order chi connectivity index (χ0) is 11.7. The van der Waals surface area contributed by atoms with E-state index in [-0.39, 0.29) is 358 Å². The molecule has 1 aromatic carbocycles. The molecule has 0 saturated heterocycles. The maximum Gasteiger partial charge on any atom is 1.00 e. The molecule has 1 aromatic rings. The van der Waals surface area contributed by atoms with E-state index in [1.54, 1.807) is 6.20 Å².